The summed E-state index contributed by atoms with van der Waals surface area (Å²) in [6, 6.07) is 19.3. The summed E-state index contributed by atoms with van der Waals surface area (Å²) in [7, 11) is 0. The number of amides is 1. The zero-order chi connectivity index (χ0) is 23.2. The van der Waals surface area contributed by atoms with Crippen LogP contribution >= 0.6 is 15.9 Å². The lowest BCUT2D eigenvalue weighted by Crippen LogP contribution is -2.49. The van der Waals surface area contributed by atoms with Gasteiger partial charge in [0, 0.05) is 49.8 Å². The second kappa shape index (κ2) is 10.8. The van der Waals surface area contributed by atoms with Crippen molar-refractivity contribution in [2.24, 2.45) is 0 Å². The number of carbonyl (C=O) groups excluding carboxylic acids is 1. The number of aromatic nitrogens is 2. The van der Waals surface area contributed by atoms with Crippen LogP contribution in [-0.4, -0.2) is 58.4 Å². The first-order valence-electron chi connectivity index (χ1n) is 11.2. The van der Waals surface area contributed by atoms with Gasteiger partial charge in [-0.2, -0.15) is 0 Å². The number of piperazine rings is 1. The molecule has 2 aromatic carbocycles. The first-order valence-corrected chi connectivity index (χ1v) is 12.0. The highest BCUT2D eigenvalue weighted by molar-refractivity contribution is 9.10. The Morgan fingerprint density at radius 3 is 2.42 bits per heavy atom. The van der Waals surface area contributed by atoms with E-state index in [1.807, 2.05) is 52.3 Å². The van der Waals surface area contributed by atoms with E-state index in [9.17, 15) is 9.59 Å². The van der Waals surface area contributed by atoms with Gasteiger partial charge < -0.3 is 9.80 Å². The van der Waals surface area contributed by atoms with Crippen LogP contribution < -0.4 is 10.5 Å². The third-order valence-electron chi connectivity index (χ3n) is 5.83. The number of carbonyl (C=O) groups is 1. The maximum absolute atomic E-state index is 12.9. The van der Waals surface area contributed by atoms with E-state index in [0.717, 1.165) is 23.3 Å². The molecule has 1 aliphatic rings. The van der Waals surface area contributed by atoms with Gasteiger partial charge in [0.05, 0.1) is 11.3 Å². The molecule has 0 radical (unpaired) electrons. The van der Waals surface area contributed by atoms with Gasteiger partial charge in [-0.1, -0.05) is 49.4 Å². The molecular formula is C25H28BrN5O2. The van der Waals surface area contributed by atoms with Crippen LogP contribution in [0.25, 0.3) is 0 Å². The number of rotatable bonds is 7. The van der Waals surface area contributed by atoms with Gasteiger partial charge in [0.1, 0.15) is 0 Å². The van der Waals surface area contributed by atoms with Crippen LogP contribution in [0.1, 0.15) is 28.5 Å². The van der Waals surface area contributed by atoms with Crippen LogP contribution in [0.15, 0.2) is 69.9 Å². The summed E-state index contributed by atoms with van der Waals surface area (Å²) in [5.74, 6) is 0.582. The molecule has 172 valence electrons. The minimum absolute atomic E-state index is 0.0110. The molecule has 2 heterocycles. The lowest BCUT2D eigenvalue weighted by molar-refractivity contribution is 0.0745. The van der Waals surface area contributed by atoms with Crippen LogP contribution in [-0.2, 0) is 13.1 Å². The number of nitrogens with zero attached hydrogens (tertiary/aromatic N) is 4. The van der Waals surface area contributed by atoms with E-state index in [1.54, 1.807) is 6.07 Å². The van der Waals surface area contributed by atoms with Gasteiger partial charge in [-0.05, 0) is 40.2 Å². The molecule has 0 spiro atoms. The molecule has 8 heteroatoms. The highest BCUT2D eigenvalue weighted by Crippen LogP contribution is 2.19. The normalized spacial score (nSPS) is 14.0. The Morgan fingerprint density at radius 1 is 1.03 bits per heavy atom. The van der Waals surface area contributed by atoms with Gasteiger partial charge >= 0.3 is 0 Å². The largest absolute Gasteiger partial charge is 0.339 e. The zero-order valence-corrected chi connectivity index (χ0v) is 20.3. The third kappa shape index (κ3) is 5.89. The van der Waals surface area contributed by atoms with Crippen LogP contribution in [0.2, 0.25) is 0 Å². The maximum Gasteiger partial charge on any atom is 0.255 e. The van der Waals surface area contributed by atoms with E-state index in [1.165, 1.54) is 5.56 Å². The van der Waals surface area contributed by atoms with E-state index in [4.69, 9.17) is 4.98 Å². The van der Waals surface area contributed by atoms with Crippen molar-refractivity contribution >= 4 is 27.8 Å². The fourth-order valence-electron chi connectivity index (χ4n) is 4.00. The summed E-state index contributed by atoms with van der Waals surface area (Å²) in [5, 5.41) is 0. The van der Waals surface area contributed by atoms with Crippen LogP contribution in [0.4, 0.5) is 5.95 Å². The maximum atomic E-state index is 12.9. The molecule has 1 N–H and O–H groups in total. The molecule has 1 aliphatic heterocycles. The molecular weight excluding hydrogens is 482 g/mol. The van der Waals surface area contributed by atoms with E-state index in [-0.39, 0.29) is 11.5 Å². The minimum Gasteiger partial charge on any atom is -0.339 e. The Balaban J connectivity index is 1.41. The molecule has 1 saturated heterocycles. The highest BCUT2D eigenvalue weighted by atomic mass is 79.9. The van der Waals surface area contributed by atoms with Gasteiger partial charge in [-0.3, -0.25) is 19.5 Å². The summed E-state index contributed by atoms with van der Waals surface area (Å²) < 4.78 is 0.798. The average Bonchev–Trinajstić information content (AvgIpc) is 2.84. The number of benzene rings is 2. The predicted octanol–water partition coefficient (Wildman–Crippen LogP) is 3.52. The molecule has 0 bridgehead atoms. The van der Waals surface area contributed by atoms with Crippen molar-refractivity contribution in [1.29, 1.82) is 0 Å². The lowest BCUT2D eigenvalue weighted by atomic mass is 10.2. The first-order chi connectivity index (χ1) is 16.0. The molecule has 0 unspecified atom stereocenters. The quantitative estimate of drug-likeness (QED) is 0.527. The summed E-state index contributed by atoms with van der Waals surface area (Å²) in [4.78, 5) is 39.0. The molecule has 0 aliphatic carbocycles. The second-order valence-electron chi connectivity index (χ2n) is 8.11. The van der Waals surface area contributed by atoms with E-state index in [0.29, 0.717) is 44.2 Å². The number of halogens is 1. The molecule has 3 aromatic rings. The topological polar surface area (TPSA) is 72.5 Å². The molecule has 4 rings (SSSR count). The average molecular weight is 510 g/mol. The third-order valence-corrected chi connectivity index (χ3v) is 6.53. The molecule has 1 aromatic heterocycles. The number of hydrogen-bond donors (Lipinski definition) is 1. The second-order valence-corrected chi connectivity index (χ2v) is 8.96. The van der Waals surface area contributed by atoms with E-state index in [2.05, 4.69) is 44.9 Å². The molecule has 7 nitrogen and oxygen atoms in total. The van der Waals surface area contributed by atoms with Crippen molar-refractivity contribution < 1.29 is 4.79 Å². The highest BCUT2D eigenvalue weighted by Gasteiger charge is 2.24. The standard InChI is InChI=1S/C25H28BrN5O2/c1-2-29(17-19-8-4-3-5-9-19)18-20-16-23(32)28-25(27-20)31-14-12-30(13-15-31)24(33)21-10-6-7-11-22(21)26/h3-11,16H,2,12-15,17-18H2,1H3,(H,27,28,32). The zero-order valence-electron chi connectivity index (χ0n) is 18.7. The fourth-order valence-corrected chi connectivity index (χ4v) is 4.46. The molecule has 0 saturated carbocycles. The Morgan fingerprint density at radius 2 is 1.73 bits per heavy atom. The van der Waals surface area contributed by atoms with Gasteiger partial charge in [-0.25, -0.2) is 4.98 Å². The Hall–Kier alpha value is -2.97. The number of nitrogens with one attached hydrogen (secondary N) is 1. The Bertz CT molecular complexity index is 1140. The number of anilines is 1. The smallest absolute Gasteiger partial charge is 0.255 e. The Labute approximate surface area is 202 Å². The van der Waals surface area contributed by atoms with Gasteiger partial charge in [0.2, 0.25) is 5.95 Å². The van der Waals surface area contributed by atoms with Crippen molar-refractivity contribution in [3.8, 4) is 0 Å². The number of aromatic amines is 1. The molecule has 1 fully saturated rings. The molecule has 33 heavy (non-hydrogen) atoms. The van der Waals surface area contributed by atoms with E-state index >= 15 is 0 Å². The summed E-state index contributed by atoms with van der Waals surface area (Å²) in [6.07, 6.45) is 0. The predicted molar refractivity (Wildman–Crippen MR) is 133 cm³/mol. The van der Waals surface area contributed by atoms with Gasteiger partial charge in [-0.15, -0.1) is 0 Å². The summed E-state index contributed by atoms with van der Waals surface area (Å²) in [5.41, 5.74) is 2.49. The van der Waals surface area contributed by atoms with Crippen LogP contribution in [0.5, 0.6) is 0 Å². The molecule has 1 amide bonds. The van der Waals surface area contributed by atoms with Crippen molar-refractivity contribution in [2.45, 2.75) is 20.0 Å². The van der Waals surface area contributed by atoms with Crippen molar-refractivity contribution in [3.05, 3.63) is 92.3 Å². The lowest BCUT2D eigenvalue weighted by Gasteiger charge is -2.35. The van der Waals surface area contributed by atoms with Crippen molar-refractivity contribution in [3.63, 3.8) is 0 Å². The van der Waals surface area contributed by atoms with Crippen LogP contribution in [0, 0.1) is 0 Å². The number of H-pyrrole nitrogens is 1. The minimum atomic E-state index is -0.155. The first kappa shape index (κ1) is 23.2. The number of hydrogen-bond acceptors (Lipinski definition) is 5. The Kier molecular flexibility index (Phi) is 7.57. The molecule has 0 atom stereocenters. The summed E-state index contributed by atoms with van der Waals surface area (Å²) in [6.45, 7) is 6.74. The monoisotopic (exact) mass is 509 g/mol. The van der Waals surface area contributed by atoms with Gasteiger partial charge in [0.15, 0.2) is 0 Å². The summed E-state index contributed by atoms with van der Waals surface area (Å²) >= 11 is 3.46. The van der Waals surface area contributed by atoms with E-state index < -0.39 is 0 Å². The van der Waals surface area contributed by atoms with Crippen molar-refractivity contribution in [2.75, 3.05) is 37.6 Å². The van der Waals surface area contributed by atoms with Crippen molar-refractivity contribution in [1.82, 2.24) is 19.8 Å². The fraction of sp³-hybridized carbons (Fsp3) is 0.320. The van der Waals surface area contributed by atoms with Crippen LogP contribution in [0.3, 0.4) is 0 Å². The van der Waals surface area contributed by atoms with Gasteiger partial charge in [0.25, 0.3) is 11.5 Å². The SMILES string of the molecule is CCN(Cc1ccccc1)Cc1cc(=O)[nH]c(N2CCN(C(=O)c3ccccc3Br)CC2)n1.